The Hall–Kier alpha value is -3.40. The standard InChI is InChI=1S/C31H35Cl2N5O4/c1-35(30(39)27-19-25(38(41)42)17-22-5-2-3-6-26(22)27)20-23(21-7-8-28(32)29(33)18-21)9-14-36-15-10-24(11-16-36)37-13-4-12-34-31(37)40/h2-3,5-8,17-19,23-24H,4,9-16,20H2,1H3,(H,34,40)/t23-/m1/s1. The number of nitro groups is 1. The molecular formula is C31H35Cl2N5O4. The van der Waals surface area contributed by atoms with Gasteiger partial charge in [0.1, 0.15) is 0 Å². The zero-order chi connectivity index (χ0) is 29.8. The van der Waals surface area contributed by atoms with Crippen LogP contribution in [0.15, 0.2) is 54.6 Å². The number of likely N-dealkylation sites (tertiary alicyclic amines) is 1. The lowest BCUT2D eigenvalue weighted by atomic mass is 9.93. The fourth-order valence-corrected chi connectivity index (χ4v) is 6.42. The minimum atomic E-state index is -0.470. The summed E-state index contributed by atoms with van der Waals surface area (Å²) in [6.45, 7) is 4.59. The molecular weight excluding hydrogens is 577 g/mol. The van der Waals surface area contributed by atoms with Gasteiger partial charge in [-0.3, -0.25) is 14.9 Å². The maximum Gasteiger partial charge on any atom is 0.317 e. The summed E-state index contributed by atoms with van der Waals surface area (Å²) in [6.07, 6.45) is 3.63. The van der Waals surface area contributed by atoms with Gasteiger partial charge in [0.05, 0.1) is 20.5 Å². The normalized spacial score (nSPS) is 17.2. The Morgan fingerprint density at radius 2 is 1.86 bits per heavy atom. The fraction of sp³-hybridized carbons (Fsp3) is 0.419. The molecule has 0 aliphatic carbocycles. The Morgan fingerprint density at radius 1 is 1.10 bits per heavy atom. The number of piperidine rings is 1. The van der Waals surface area contributed by atoms with Crippen molar-refractivity contribution in [3.8, 4) is 0 Å². The highest BCUT2D eigenvalue weighted by Gasteiger charge is 2.30. The average molecular weight is 613 g/mol. The van der Waals surface area contributed by atoms with Crippen LogP contribution in [-0.2, 0) is 0 Å². The number of nitrogens with one attached hydrogen (secondary N) is 1. The number of halogens is 2. The van der Waals surface area contributed by atoms with Gasteiger partial charge < -0.3 is 20.0 Å². The molecule has 0 radical (unpaired) electrons. The third-order valence-electron chi connectivity index (χ3n) is 8.45. The molecule has 2 aliphatic heterocycles. The van der Waals surface area contributed by atoms with Crippen molar-refractivity contribution in [1.82, 2.24) is 20.0 Å². The van der Waals surface area contributed by atoms with Gasteiger partial charge in [-0.15, -0.1) is 0 Å². The number of likely N-dealkylation sites (N-methyl/N-ethyl adjacent to an activating group) is 1. The number of carbonyl (C=O) groups is 2. The van der Waals surface area contributed by atoms with Crippen molar-refractivity contribution in [2.24, 2.45) is 0 Å². The van der Waals surface area contributed by atoms with Crippen LogP contribution in [0.25, 0.3) is 10.8 Å². The van der Waals surface area contributed by atoms with E-state index in [0.29, 0.717) is 32.9 Å². The molecule has 0 unspecified atom stereocenters. The molecule has 3 aromatic carbocycles. The average Bonchev–Trinajstić information content (AvgIpc) is 3.00. The minimum Gasteiger partial charge on any atom is -0.341 e. The van der Waals surface area contributed by atoms with E-state index in [1.54, 1.807) is 30.1 Å². The molecule has 222 valence electrons. The van der Waals surface area contributed by atoms with Crippen molar-refractivity contribution < 1.29 is 14.5 Å². The number of nitrogens with zero attached hydrogens (tertiary/aromatic N) is 4. The zero-order valence-electron chi connectivity index (χ0n) is 23.6. The van der Waals surface area contributed by atoms with E-state index in [4.69, 9.17) is 23.2 Å². The highest BCUT2D eigenvalue weighted by atomic mass is 35.5. The topological polar surface area (TPSA) is 99.0 Å². The first-order valence-electron chi connectivity index (χ1n) is 14.4. The monoisotopic (exact) mass is 611 g/mol. The number of amides is 3. The number of benzene rings is 3. The Kier molecular flexibility index (Phi) is 9.50. The number of hydrogen-bond acceptors (Lipinski definition) is 5. The van der Waals surface area contributed by atoms with Crippen molar-refractivity contribution in [3.05, 3.63) is 85.9 Å². The Labute approximate surface area is 255 Å². The van der Waals surface area contributed by atoms with Crippen LogP contribution in [0.1, 0.15) is 47.5 Å². The van der Waals surface area contributed by atoms with Gasteiger partial charge >= 0.3 is 6.03 Å². The van der Waals surface area contributed by atoms with Gasteiger partial charge in [-0.25, -0.2) is 4.79 Å². The van der Waals surface area contributed by atoms with Crippen LogP contribution in [0.4, 0.5) is 10.5 Å². The van der Waals surface area contributed by atoms with E-state index in [1.807, 2.05) is 29.2 Å². The Morgan fingerprint density at radius 3 is 2.57 bits per heavy atom. The maximum absolute atomic E-state index is 13.7. The van der Waals surface area contributed by atoms with Gasteiger partial charge in [-0.05, 0) is 60.7 Å². The predicted molar refractivity (Wildman–Crippen MR) is 166 cm³/mol. The van der Waals surface area contributed by atoms with E-state index < -0.39 is 4.92 Å². The number of hydrogen-bond donors (Lipinski definition) is 1. The van der Waals surface area contributed by atoms with Crippen LogP contribution >= 0.6 is 23.2 Å². The second-order valence-corrected chi connectivity index (χ2v) is 12.0. The van der Waals surface area contributed by atoms with Crippen LogP contribution in [0.5, 0.6) is 0 Å². The van der Waals surface area contributed by atoms with Crippen LogP contribution in [-0.4, -0.2) is 83.9 Å². The molecule has 0 spiro atoms. The van der Waals surface area contributed by atoms with E-state index in [1.165, 1.54) is 12.1 Å². The summed E-state index contributed by atoms with van der Waals surface area (Å²) in [5, 5.41) is 16.8. The first kappa shape index (κ1) is 30.1. The van der Waals surface area contributed by atoms with Crippen LogP contribution in [0, 0.1) is 10.1 Å². The highest BCUT2D eigenvalue weighted by molar-refractivity contribution is 6.42. The number of rotatable bonds is 9. The first-order valence-corrected chi connectivity index (χ1v) is 15.1. The van der Waals surface area contributed by atoms with E-state index in [-0.39, 0.29) is 29.6 Å². The van der Waals surface area contributed by atoms with Crippen molar-refractivity contribution in [3.63, 3.8) is 0 Å². The molecule has 2 fully saturated rings. The van der Waals surface area contributed by atoms with E-state index in [0.717, 1.165) is 64.0 Å². The second-order valence-electron chi connectivity index (χ2n) is 11.2. The molecule has 0 aromatic heterocycles. The molecule has 3 aromatic rings. The van der Waals surface area contributed by atoms with Gasteiger partial charge in [0.25, 0.3) is 11.6 Å². The number of fused-ring (bicyclic) bond motifs is 1. The Balaban J connectivity index is 1.30. The molecule has 9 nitrogen and oxygen atoms in total. The van der Waals surface area contributed by atoms with Crippen LogP contribution < -0.4 is 5.32 Å². The summed E-state index contributed by atoms with van der Waals surface area (Å²) in [5.41, 5.74) is 1.17. The zero-order valence-corrected chi connectivity index (χ0v) is 25.1. The number of urea groups is 1. The van der Waals surface area contributed by atoms with Gasteiger partial charge in [0, 0.05) is 63.9 Å². The Bertz CT molecular complexity index is 1480. The van der Waals surface area contributed by atoms with E-state index in [9.17, 15) is 19.7 Å². The van der Waals surface area contributed by atoms with E-state index in [2.05, 4.69) is 10.2 Å². The molecule has 3 amide bonds. The predicted octanol–water partition coefficient (Wildman–Crippen LogP) is 6.18. The van der Waals surface area contributed by atoms with Crippen molar-refractivity contribution in [2.45, 2.75) is 37.6 Å². The first-order chi connectivity index (χ1) is 20.2. The summed E-state index contributed by atoms with van der Waals surface area (Å²) in [7, 11) is 1.73. The molecule has 11 heteroatoms. The van der Waals surface area contributed by atoms with Crippen LogP contribution in [0.3, 0.4) is 0 Å². The lowest BCUT2D eigenvalue weighted by molar-refractivity contribution is -0.384. The van der Waals surface area contributed by atoms with Crippen molar-refractivity contribution >= 4 is 51.6 Å². The van der Waals surface area contributed by atoms with Gasteiger partial charge in [-0.1, -0.05) is 53.5 Å². The summed E-state index contributed by atoms with van der Waals surface area (Å²) >= 11 is 12.6. The van der Waals surface area contributed by atoms with E-state index >= 15 is 0 Å². The lowest BCUT2D eigenvalue weighted by Crippen LogP contribution is -2.54. The quantitative estimate of drug-likeness (QED) is 0.230. The molecule has 2 heterocycles. The molecule has 0 saturated carbocycles. The molecule has 2 aliphatic rings. The van der Waals surface area contributed by atoms with Gasteiger partial charge in [0.15, 0.2) is 0 Å². The lowest BCUT2D eigenvalue weighted by Gasteiger charge is -2.40. The fourth-order valence-electron chi connectivity index (χ4n) is 6.12. The number of nitro benzene ring substituents is 1. The molecule has 0 bridgehead atoms. The summed E-state index contributed by atoms with van der Waals surface area (Å²) < 4.78 is 0. The molecule has 2 saturated heterocycles. The van der Waals surface area contributed by atoms with Crippen LogP contribution in [0.2, 0.25) is 10.0 Å². The minimum absolute atomic E-state index is 0.0377. The van der Waals surface area contributed by atoms with Gasteiger partial charge in [-0.2, -0.15) is 0 Å². The maximum atomic E-state index is 13.7. The summed E-state index contributed by atoms with van der Waals surface area (Å²) in [5.74, 6) is -0.315. The third kappa shape index (κ3) is 6.80. The van der Waals surface area contributed by atoms with Crippen molar-refractivity contribution in [1.29, 1.82) is 0 Å². The second kappa shape index (κ2) is 13.3. The molecule has 1 N–H and O–H groups in total. The summed E-state index contributed by atoms with van der Waals surface area (Å²) in [4.78, 5) is 43.2. The molecule has 42 heavy (non-hydrogen) atoms. The summed E-state index contributed by atoms with van der Waals surface area (Å²) in [6, 6.07) is 16.0. The third-order valence-corrected chi connectivity index (χ3v) is 9.19. The molecule has 1 atom stereocenters. The number of carbonyl (C=O) groups excluding carboxylic acids is 2. The largest absolute Gasteiger partial charge is 0.341 e. The number of non-ortho nitro benzene ring substituents is 1. The SMILES string of the molecule is CN(C[C@@H](CCN1CCC(N2CCCNC2=O)CC1)c1ccc(Cl)c(Cl)c1)C(=O)c1cc([N+](=O)[O-])cc2ccccc12. The van der Waals surface area contributed by atoms with Crippen molar-refractivity contribution in [2.75, 3.05) is 46.3 Å². The smallest absolute Gasteiger partial charge is 0.317 e. The molecule has 5 rings (SSSR count). The van der Waals surface area contributed by atoms with Gasteiger partial charge in [0.2, 0.25) is 0 Å². The highest BCUT2D eigenvalue weighted by Crippen LogP contribution is 2.31.